The highest BCUT2D eigenvalue weighted by Crippen LogP contribution is 2.54. The molecular formula is C29H40O2. The molecule has 0 spiro atoms. The van der Waals surface area contributed by atoms with E-state index >= 15 is 0 Å². The first-order valence-corrected chi connectivity index (χ1v) is 12.4. The fourth-order valence-corrected chi connectivity index (χ4v) is 5.47. The minimum Gasteiger partial charge on any atom is -0.481 e. The molecule has 0 saturated carbocycles. The van der Waals surface area contributed by atoms with E-state index in [1.54, 1.807) is 0 Å². The molecule has 0 bridgehead atoms. The molecule has 1 aliphatic rings. The number of hydrogen-bond donors (Lipinski definition) is 1. The summed E-state index contributed by atoms with van der Waals surface area (Å²) in [4.78, 5) is 10.8. The van der Waals surface area contributed by atoms with Crippen LogP contribution in [0.25, 0.3) is 11.1 Å². The van der Waals surface area contributed by atoms with Crippen LogP contribution in [0.5, 0.6) is 0 Å². The molecule has 0 amide bonds. The van der Waals surface area contributed by atoms with Crippen LogP contribution in [0.4, 0.5) is 0 Å². The van der Waals surface area contributed by atoms with Crippen molar-refractivity contribution in [3.63, 3.8) is 0 Å². The quantitative estimate of drug-likeness (QED) is 0.330. The van der Waals surface area contributed by atoms with Gasteiger partial charge in [-0.3, -0.25) is 4.79 Å². The second-order valence-electron chi connectivity index (χ2n) is 9.65. The molecule has 168 valence electrons. The van der Waals surface area contributed by atoms with Crippen molar-refractivity contribution in [1.82, 2.24) is 0 Å². The standard InChI is InChI=1S/C29H40O2/c1-4-5-6-8-11-18-29(19-12-9-7-10-13-28(30)31)26-20-22(2)14-16-24(26)25-17-15-23(3)21-27(25)29/h14-17,20-21H,4-13,18-19H2,1-3H3,(H,30,31). The van der Waals surface area contributed by atoms with Crippen LogP contribution < -0.4 is 0 Å². The number of aryl methyl sites for hydroxylation is 2. The Bertz CT molecular complexity index is 829. The van der Waals surface area contributed by atoms with E-state index in [1.165, 1.54) is 78.3 Å². The molecule has 1 aliphatic carbocycles. The molecule has 2 aromatic carbocycles. The fraction of sp³-hybridized carbons (Fsp3) is 0.552. The molecule has 3 rings (SSSR count). The Labute approximate surface area is 189 Å². The molecule has 0 saturated heterocycles. The minimum atomic E-state index is -0.673. The van der Waals surface area contributed by atoms with E-state index in [2.05, 4.69) is 57.2 Å². The summed E-state index contributed by atoms with van der Waals surface area (Å²) in [5, 5.41) is 8.91. The zero-order valence-corrected chi connectivity index (χ0v) is 19.8. The SMILES string of the molecule is CCCCCCCC1(CCCCCCC(=O)O)c2cc(C)ccc2-c2ccc(C)cc21. The van der Waals surface area contributed by atoms with E-state index in [4.69, 9.17) is 5.11 Å². The van der Waals surface area contributed by atoms with Crippen molar-refractivity contribution in [3.8, 4) is 11.1 Å². The predicted molar refractivity (Wildman–Crippen MR) is 131 cm³/mol. The Hall–Kier alpha value is -2.09. The number of carbonyl (C=O) groups is 1. The summed E-state index contributed by atoms with van der Waals surface area (Å²) in [6.45, 7) is 6.71. The van der Waals surface area contributed by atoms with Gasteiger partial charge in [0.15, 0.2) is 0 Å². The molecule has 0 unspecified atom stereocenters. The van der Waals surface area contributed by atoms with Gasteiger partial charge in [-0.15, -0.1) is 0 Å². The average Bonchev–Trinajstić information content (AvgIpc) is 2.99. The van der Waals surface area contributed by atoms with Crippen LogP contribution in [-0.4, -0.2) is 11.1 Å². The molecule has 1 N–H and O–H groups in total. The maximum absolute atomic E-state index is 10.8. The van der Waals surface area contributed by atoms with Gasteiger partial charge in [0.05, 0.1) is 0 Å². The summed E-state index contributed by atoms with van der Waals surface area (Å²) in [5.41, 5.74) is 8.74. The summed E-state index contributed by atoms with van der Waals surface area (Å²) in [7, 11) is 0. The van der Waals surface area contributed by atoms with E-state index in [1.807, 2.05) is 0 Å². The van der Waals surface area contributed by atoms with Gasteiger partial charge in [-0.25, -0.2) is 0 Å². The number of unbranched alkanes of at least 4 members (excludes halogenated alkanes) is 7. The zero-order valence-electron chi connectivity index (χ0n) is 19.8. The third-order valence-corrected chi connectivity index (χ3v) is 7.12. The van der Waals surface area contributed by atoms with Crippen LogP contribution in [0, 0.1) is 13.8 Å². The first-order chi connectivity index (χ1) is 15.0. The zero-order chi connectivity index (χ0) is 22.3. The smallest absolute Gasteiger partial charge is 0.303 e. The molecule has 0 radical (unpaired) electrons. The fourth-order valence-electron chi connectivity index (χ4n) is 5.47. The van der Waals surface area contributed by atoms with Crippen molar-refractivity contribution in [1.29, 1.82) is 0 Å². The van der Waals surface area contributed by atoms with Gasteiger partial charge >= 0.3 is 5.97 Å². The van der Waals surface area contributed by atoms with Gasteiger partial charge in [-0.2, -0.15) is 0 Å². The van der Waals surface area contributed by atoms with E-state index in [9.17, 15) is 4.79 Å². The second-order valence-corrected chi connectivity index (χ2v) is 9.65. The molecule has 0 fully saturated rings. The van der Waals surface area contributed by atoms with Crippen molar-refractivity contribution in [2.24, 2.45) is 0 Å². The third kappa shape index (κ3) is 5.59. The highest BCUT2D eigenvalue weighted by Gasteiger charge is 2.42. The van der Waals surface area contributed by atoms with Gasteiger partial charge in [0.2, 0.25) is 0 Å². The summed E-state index contributed by atoms with van der Waals surface area (Å²) >= 11 is 0. The molecule has 0 atom stereocenters. The Morgan fingerprint density at radius 2 is 1.23 bits per heavy atom. The lowest BCUT2D eigenvalue weighted by atomic mass is 9.70. The lowest BCUT2D eigenvalue weighted by Crippen LogP contribution is -2.25. The lowest BCUT2D eigenvalue weighted by Gasteiger charge is -2.33. The Morgan fingerprint density at radius 1 is 0.742 bits per heavy atom. The maximum Gasteiger partial charge on any atom is 0.303 e. The van der Waals surface area contributed by atoms with Crippen molar-refractivity contribution in [3.05, 3.63) is 58.7 Å². The summed E-state index contributed by atoms with van der Waals surface area (Å²) in [6, 6.07) is 14.1. The Balaban J connectivity index is 1.86. The van der Waals surface area contributed by atoms with Crippen molar-refractivity contribution < 1.29 is 9.90 Å². The van der Waals surface area contributed by atoms with Crippen molar-refractivity contribution >= 4 is 5.97 Å². The van der Waals surface area contributed by atoms with Crippen LogP contribution in [0.3, 0.4) is 0 Å². The minimum absolute atomic E-state index is 0.113. The number of carboxylic acids is 1. The van der Waals surface area contributed by atoms with Crippen LogP contribution in [0.1, 0.15) is 106 Å². The maximum atomic E-state index is 10.8. The Morgan fingerprint density at radius 3 is 1.71 bits per heavy atom. The number of benzene rings is 2. The molecule has 2 heteroatoms. The first kappa shape index (κ1) is 23.6. The van der Waals surface area contributed by atoms with Gasteiger partial charge in [0.25, 0.3) is 0 Å². The molecular weight excluding hydrogens is 380 g/mol. The predicted octanol–water partition coefficient (Wildman–Crippen LogP) is 8.36. The lowest BCUT2D eigenvalue weighted by molar-refractivity contribution is -0.137. The summed E-state index contributed by atoms with van der Waals surface area (Å²) < 4.78 is 0. The van der Waals surface area contributed by atoms with Gasteiger partial charge in [0, 0.05) is 11.8 Å². The van der Waals surface area contributed by atoms with E-state index in [0.717, 1.165) is 25.7 Å². The summed E-state index contributed by atoms with van der Waals surface area (Å²) in [5.74, 6) is -0.673. The second kappa shape index (κ2) is 11.0. The molecule has 2 nitrogen and oxygen atoms in total. The van der Waals surface area contributed by atoms with E-state index < -0.39 is 5.97 Å². The highest BCUT2D eigenvalue weighted by molar-refractivity contribution is 5.81. The highest BCUT2D eigenvalue weighted by atomic mass is 16.4. The van der Waals surface area contributed by atoms with Crippen LogP contribution in [0.2, 0.25) is 0 Å². The van der Waals surface area contributed by atoms with Gasteiger partial charge in [-0.05, 0) is 55.4 Å². The third-order valence-electron chi connectivity index (χ3n) is 7.12. The van der Waals surface area contributed by atoms with Gasteiger partial charge in [0.1, 0.15) is 0 Å². The number of rotatable bonds is 13. The number of fused-ring (bicyclic) bond motifs is 3. The molecule has 2 aromatic rings. The van der Waals surface area contributed by atoms with Gasteiger partial charge < -0.3 is 5.11 Å². The van der Waals surface area contributed by atoms with E-state index in [-0.39, 0.29) is 5.41 Å². The average molecular weight is 421 g/mol. The van der Waals surface area contributed by atoms with Crippen molar-refractivity contribution in [2.45, 2.75) is 103 Å². The largest absolute Gasteiger partial charge is 0.481 e. The normalized spacial score (nSPS) is 13.8. The summed E-state index contributed by atoms with van der Waals surface area (Å²) in [6.07, 6.45) is 13.3. The molecule has 31 heavy (non-hydrogen) atoms. The number of hydrogen-bond acceptors (Lipinski definition) is 1. The van der Waals surface area contributed by atoms with Crippen LogP contribution in [-0.2, 0) is 10.2 Å². The van der Waals surface area contributed by atoms with Crippen molar-refractivity contribution in [2.75, 3.05) is 0 Å². The topological polar surface area (TPSA) is 37.3 Å². The van der Waals surface area contributed by atoms with Crippen LogP contribution in [0.15, 0.2) is 36.4 Å². The van der Waals surface area contributed by atoms with Gasteiger partial charge in [-0.1, -0.05) is 106 Å². The first-order valence-electron chi connectivity index (χ1n) is 12.4. The Kier molecular flexibility index (Phi) is 8.35. The molecule has 0 aliphatic heterocycles. The van der Waals surface area contributed by atoms with Crippen LogP contribution >= 0.6 is 0 Å². The molecule has 0 aromatic heterocycles. The van der Waals surface area contributed by atoms with E-state index in [0.29, 0.717) is 6.42 Å². The number of carboxylic acid groups (broad SMARTS) is 1. The number of aliphatic carboxylic acids is 1. The molecule has 0 heterocycles. The monoisotopic (exact) mass is 420 g/mol.